The zero-order valence-corrected chi connectivity index (χ0v) is 16.0. The molecule has 2 saturated carbocycles. The fourth-order valence-electron chi connectivity index (χ4n) is 4.51. The second kappa shape index (κ2) is 8.98. The quantitative estimate of drug-likeness (QED) is 0.541. The number of carbonyl (C=O) groups excluding carboxylic acids is 1. The van der Waals surface area contributed by atoms with Crippen LogP contribution in [-0.2, 0) is 9.53 Å². The molecule has 1 aromatic carbocycles. The van der Waals surface area contributed by atoms with Gasteiger partial charge >= 0.3 is 0 Å². The number of Topliss-reactive ketones (excluding diaryl/α,β-unsaturated/α-hetero) is 1. The highest BCUT2D eigenvalue weighted by atomic mass is 16.5. The van der Waals surface area contributed by atoms with E-state index in [1.54, 1.807) is 0 Å². The molecule has 2 nitrogen and oxygen atoms in total. The van der Waals surface area contributed by atoms with E-state index in [2.05, 4.69) is 38.1 Å². The first-order chi connectivity index (χ1) is 12.2. The van der Waals surface area contributed by atoms with Gasteiger partial charge in [-0.3, -0.25) is 4.79 Å². The smallest absolute Gasteiger partial charge is 0.143 e. The molecule has 0 aromatic heterocycles. The summed E-state index contributed by atoms with van der Waals surface area (Å²) >= 11 is 0. The van der Waals surface area contributed by atoms with Gasteiger partial charge in [0.2, 0.25) is 0 Å². The molecule has 1 aromatic rings. The molecule has 2 atom stereocenters. The Hall–Kier alpha value is -1.15. The maximum atomic E-state index is 12.3. The first-order valence-electron chi connectivity index (χ1n) is 10.5. The molecule has 0 heterocycles. The van der Waals surface area contributed by atoms with Gasteiger partial charge in [0.15, 0.2) is 0 Å². The fourth-order valence-corrected chi connectivity index (χ4v) is 4.51. The molecule has 2 fully saturated rings. The molecule has 2 aliphatic rings. The van der Waals surface area contributed by atoms with Crippen molar-refractivity contribution in [2.24, 2.45) is 5.92 Å². The largest absolute Gasteiger partial charge is 0.378 e. The van der Waals surface area contributed by atoms with E-state index in [9.17, 15) is 4.79 Å². The van der Waals surface area contributed by atoms with Crippen molar-refractivity contribution in [1.29, 1.82) is 0 Å². The number of carbonyl (C=O) groups is 1. The maximum Gasteiger partial charge on any atom is 0.143 e. The third-order valence-corrected chi connectivity index (χ3v) is 6.24. The summed E-state index contributed by atoms with van der Waals surface area (Å²) in [4.78, 5) is 12.3. The number of hydrogen-bond acceptors (Lipinski definition) is 2. The van der Waals surface area contributed by atoms with Crippen molar-refractivity contribution in [2.45, 2.75) is 89.6 Å². The summed E-state index contributed by atoms with van der Waals surface area (Å²) < 4.78 is 5.98. The second-order valence-electron chi connectivity index (χ2n) is 8.04. The van der Waals surface area contributed by atoms with Crippen molar-refractivity contribution >= 4 is 5.78 Å². The molecule has 0 amide bonds. The van der Waals surface area contributed by atoms with Gasteiger partial charge in [0.05, 0.1) is 6.10 Å². The highest BCUT2D eigenvalue weighted by Crippen LogP contribution is 2.41. The van der Waals surface area contributed by atoms with Crippen LogP contribution in [0.2, 0.25) is 0 Å². The molecule has 2 aliphatic carbocycles. The number of hydrogen-bond donors (Lipinski definition) is 0. The van der Waals surface area contributed by atoms with Crippen LogP contribution in [0.15, 0.2) is 24.3 Å². The Labute approximate surface area is 153 Å². The minimum atomic E-state index is 0.174. The van der Waals surface area contributed by atoms with Crippen LogP contribution in [-0.4, -0.2) is 18.5 Å². The zero-order valence-electron chi connectivity index (χ0n) is 16.0. The van der Waals surface area contributed by atoms with Gasteiger partial charge in [-0.1, -0.05) is 51.0 Å². The first kappa shape index (κ1) is 18.6. The molecule has 2 unspecified atom stereocenters. The van der Waals surface area contributed by atoms with Crippen LogP contribution in [0.25, 0.3) is 0 Å². The van der Waals surface area contributed by atoms with E-state index in [1.807, 2.05) is 0 Å². The topological polar surface area (TPSA) is 26.3 Å². The van der Waals surface area contributed by atoms with Crippen LogP contribution >= 0.6 is 0 Å². The van der Waals surface area contributed by atoms with Crippen molar-refractivity contribution in [3.63, 3.8) is 0 Å². The van der Waals surface area contributed by atoms with Gasteiger partial charge < -0.3 is 4.74 Å². The van der Waals surface area contributed by atoms with Gasteiger partial charge in [-0.2, -0.15) is 0 Å². The lowest BCUT2D eigenvalue weighted by Gasteiger charge is -2.34. The van der Waals surface area contributed by atoms with Gasteiger partial charge in [-0.15, -0.1) is 0 Å². The predicted octanol–water partition coefficient (Wildman–Crippen LogP) is 6.00. The molecule has 0 saturated heterocycles. The second-order valence-corrected chi connectivity index (χ2v) is 8.04. The molecule has 0 bridgehead atoms. The average molecular weight is 343 g/mol. The summed E-state index contributed by atoms with van der Waals surface area (Å²) in [5.41, 5.74) is 2.69. The minimum Gasteiger partial charge on any atom is -0.378 e. The van der Waals surface area contributed by atoms with Crippen molar-refractivity contribution in [3.8, 4) is 0 Å². The van der Waals surface area contributed by atoms with Crippen LogP contribution < -0.4 is 0 Å². The fraction of sp³-hybridized carbons (Fsp3) is 0.696. The van der Waals surface area contributed by atoms with Crippen molar-refractivity contribution in [2.75, 3.05) is 6.61 Å². The highest BCUT2D eigenvalue weighted by Gasteiger charge is 2.39. The van der Waals surface area contributed by atoms with Crippen molar-refractivity contribution in [3.05, 3.63) is 35.4 Å². The molecule has 2 heteroatoms. The molecule has 138 valence electrons. The third kappa shape index (κ3) is 4.53. The Kier molecular flexibility index (Phi) is 6.70. The standard InChI is InChI=1S/C23H34O2/c1-3-5-15-25-21-13-11-18(12-14-21)17-7-9-19(10-8-17)22-16-20(6-4-2)23(22)24/h7-10,18,20-22H,3-6,11-16H2,1-2H3. The third-order valence-electron chi connectivity index (χ3n) is 6.24. The monoisotopic (exact) mass is 342 g/mol. The zero-order chi connectivity index (χ0) is 17.6. The van der Waals surface area contributed by atoms with E-state index >= 15 is 0 Å². The van der Waals surface area contributed by atoms with Gasteiger partial charge in [0, 0.05) is 18.4 Å². The molecule has 0 N–H and O–H groups in total. The van der Waals surface area contributed by atoms with Gasteiger partial charge in [0.25, 0.3) is 0 Å². The van der Waals surface area contributed by atoms with Crippen LogP contribution in [0.4, 0.5) is 0 Å². The molecule has 0 spiro atoms. The van der Waals surface area contributed by atoms with Crippen molar-refractivity contribution in [1.82, 2.24) is 0 Å². The van der Waals surface area contributed by atoms with Crippen LogP contribution in [0.5, 0.6) is 0 Å². The molecule has 3 rings (SSSR count). The highest BCUT2D eigenvalue weighted by molar-refractivity contribution is 5.93. The first-order valence-corrected chi connectivity index (χ1v) is 10.5. The van der Waals surface area contributed by atoms with E-state index in [4.69, 9.17) is 4.74 Å². The number of rotatable bonds is 8. The molecule has 0 aliphatic heterocycles. The van der Waals surface area contributed by atoms with Gasteiger partial charge in [-0.25, -0.2) is 0 Å². The Morgan fingerprint density at radius 3 is 2.24 bits per heavy atom. The molecular formula is C23H34O2. The number of unbranched alkanes of at least 4 members (excludes halogenated alkanes) is 1. The summed E-state index contributed by atoms with van der Waals surface area (Å²) in [7, 11) is 0. The number of ketones is 1. The lowest BCUT2D eigenvalue weighted by molar-refractivity contribution is -0.132. The summed E-state index contributed by atoms with van der Waals surface area (Å²) in [5, 5.41) is 0. The van der Waals surface area contributed by atoms with Gasteiger partial charge in [0.1, 0.15) is 5.78 Å². The Morgan fingerprint density at radius 2 is 1.64 bits per heavy atom. The Morgan fingerprint density at radius 1 is 0.960 bits per heavy atom. The number of benzene rings is 1. The summed E-state index contributed by atoms with van der Waals surface area (Å²) in [6.07, 6.45) is 11.0. The molecular weight excluding hydrogens is 308 g/mol. The maximum absolute atomic E-state index is 12.3. The number of ether oxygens (including phenoxy) is 1. The average Bonchev–Trinajstić information content (AvgIpc) is 2.65. The lowest BCUT2D eigenvalue weighted by atomic mass is 9.68. The SMILES string of the molecule is CCCCOC1CCC(c2ccc(C3CC(CCC)C3=O)cc2)CC1. The van der Waals surface area contributed by atoms with E-state index in [-0.39, 0.29) is 5.92 Å². The van der Waals surface area contributed by atoms with Crippen molar-refractivity contribution < 1.29 is 9.53 Å². The Bertz CT molecular complexity index is 540. The van der Waals surface area contributed by atoms with E-state index in [0.29, 0.717) is 23.7 Å². The molecule has 25 heavy (non-hydrogen) atoms. The van der Waals surface area contributed by atoms with Crippen LogP contribution in [0, 0.1) is 5.92 Å². The Balaban J connectivity index is 1.48. The van der Waals surface area contributed by atoms with E-state index in [1.165, 1.54) is 49.7 Å². The van der Waals surface area contributed by atoms with Gasteiger partial charge in [-0.05, 0) is 62.0 Å². The van der Waals surface area contributed by atoms with E-state index in [0.717, 1.165) is 25.9 Å². The normalized spacial score (nSPS) is 29.4. The summed E-state index contributed by atoms with van der Waals surface area (Å²) in [6.45, 7) is 5.30. The van der Waals surface area contributed by atoms with Crippen LogP contribution in [0.1, 0.15) is 94.6 Å². The van der Waals surface area contributed by atoms with E-state index < -0.39 is 0 Å². The summed E-state index contributed by atoms with van der Waals surface area (Å²) in [5.74, 6) is 1.65. The minimum absolute atomic E-state index is 0.174. The summed E-state index contributed by atoms with van der Waals surface area (Å²) in [6, 6.07) is 8.98. The molecule has 0 radical (unpaired) electrons. The predicted molar refractivity (Wildman–Crippen MR) is 103 cm³/mol. The van der Waals surface area contributed by atoms with Crippen LogP contribution in [0.3, 0.4) is 0 Å². The lowest BCUT2D eigenvalue weighted by Crippen LogP contribution is -2.35.